The molecular weight excluding hydrogens is 294 g/mol. The summed E-state index contributed by atoms with van der Waals surface area (Å²) in [4.78, 5) is 26.6. The Morgan fingerprint density at radius 1 is 1.17 bits per heavy atom. The van der Waals surface area contributed by atoms with Crippen LogP contribution < -0.4 is 11.3 Å². The van der Waals surface area contributed by atoms with Gasteiger partial charge in [-0.3, -0.25) is 9.78 Å². The summed E-state index contributed by atoms with van der Waals surface area (Å²) in [5.74, 6) is 0.0635. The van der Waals surface area contributed by atoms with E-state index in [-0.39, 0.29) is 23.2 Å². The molecule has 0 saturated carbocycles. The lowest BCUT2D eigenvalue weighted by atomic mass is 10.2. The zero-order valence-corrected chi connectivity index (χ0v) is 12.0. The van der Waals surface area contributed by atoms with Gasteiger partial charge in [0.05, 0.1) is 10.9 Å². The monoisotopic (exact) mass is 307 g/mol. The molecule has 0 aliphatic rings. The molecule has 3 rings (SSSR count). The molecule has 0 unspecified atom stereocenters. The molecule has 7 heteroatoms. The Morgan fingerprint density at radius 3 is 2.74 bits per heavy atom. The van der Waals surface area contributed by atoms with Crippen LogP contribution in [0.3, 0.4) is 0 Å². The zero-order valence-electron chi connectivity index (χ0n) is 12.0. The molecule has 2 aromatic carbocycles. The van der Waals surface area contributed by atoms with Crippen LogP contribution in [0.15, 0.2) is 63.3 Å². The van der Waals surface area contributed by atoms with E-state index in [0.29, 0.717) is 16.5 Å². The first kappa shape index (κ1) is 14.5. The number of hydrogen-bond donors (Lipinski definition) is 3. The van der Waals surface area contributed by atoms with Crippen LogP contribution in [0.2, 0.25) is 0 Å². The SMILES string of the molecule is NC(N=Cc1ccccc1O)=Nc1nc2ccccc2c(=O)[nH]1. The van der Waals surface area contributed by atoms with E-state index in [1.165, 1.54) is 12.3 Å². The Labute approximate surface area is 130 Å². The second-order valence-electron chi connectivity index (χ2n) is 4.69. The number of aliphatic imine (C=N–C) groups is 2. The first-order valence-corrected chi connectivity index (χ1v) is 6.79. The molecule has 1 aromatic heterocycles. The number of aromatic amines is 1. The Bertz CT molecular complexity index is 975. The highest BCUT2D eigenvalue weighted by Gasteiger charge is 2.02. The first-order valence-electron chi connectivity index (χ1n) is 6.79. The minimum absolute atomic E-state index is 0.0700. The highest BCUT2D eigenvalue weighted by atomic mass is 16.3. The molecule has 0 spiro atoms. The zero-order chi connectivity index (χ0) is 16.2. The molecule has 0 bridgehead atoms. The summed E-state index contributed by atoms with van der Waals surface area (Å²) in [6, 6.07) is 13.6. The Balaban J connectivity index is 1.92. The summed E-state index contributed by atoms with van der Waals surface area (Å²) in [5.41, 5.74) is 6.43. The summed E-state index contributed by atoms with van der Waals surface area (Å²) in [7, 11) is 0. The summed E-state index contributed by atoms with van der Waals surface area (Å²) in [5, 5.41) is 10.1. The van der Waals surface area contributed by atoms with Crippen molar-refractivity contribution in [1.82, 2.24) is 9.97 Å². The van der Waals surface area contributed by atoms with Gasteiger partial charge in [-0.15, -0.1) is 0 Å². The Kier molecular flexibility index (Phi) is 3.84. The van der Waals surface area contributed by atoms with Crippen LogP contribution in [0, 0.1) is 0 Å². The van der Waals surface area contributed by atoms with Gasteiger partial charge in [0.25, 0.3) is 5.56 Å². The number of rotatable bonds is 2. The minimum Gasteiger partial charge on any atom is -0.507 e. The van der Waals surface area contributed by atoms with E-state index in [1.807, 2.05) is 0 Å². The van der Waals surface area contributed by atoms with Crippen molar-refractivity contribution in [2.45, 2.75) is 0 Å². The number of fused-ring (bicyclic) bond motifs is 1. The molecule has 0 aliphatic carbocycles. The van der Waals surface area contributed by atoms with Crippen LogP contribution >= 0.6 is 0 Å². The van der Waals surface area contributed by atoms with Gasteiger partial charge >= 0.3 is 0 Å². The molecule has 0 radical (unpaired) electrons. The average molecular weight is 307 g/mol. The highest BCUT2D eigenvalue weighted by molar-refractivity contribution is 5.95. The van der Waals surface area contributed by atoms with Gasteiger partial charge in [-0.2, -0.15) is 4.99 Å². The van der Waals surface area contributed by atoms with Gasteiger partial charge in [0.1, 0.15) is 5.75 Å². The van der Waals surface area contributed by atoms with Gasteiger partial charge in [-0.25, -0.2) is 9.98 Å². The van der Waals surface area contributed by atoms with Crippen molar-refractivity contribution in [2.24, 2.45) is 15.7 Å². The second kappa shape index (κ2) is 6.10. The van der Waals surface area contributed by atoms with Crippen molar-refractivity contribution in [2.75, 3.05) is 0 Å². The Morgan fingerprint density at radius 2 is 1.91 bits per heavy atom. The standard InChI is InChI=1S/C16H13N5O2/c17-15(18-9-10-5-1-4-8-13(10)22)21-16-19-12-7-3-2-6-11(12)14(23)20-16/h1-9,22H,(H3,17,19,20,21,23). The lowest BCUT2D eigenvalue weighted by molar-refractivity contribution is 0.474. The molecule has 0 atom stereocenters. The maximum atomic E-state index is 11.9. The van der Waals surface area contributed by atoms with Crippen LogP contribution in [0.1, 0.15) is 5.56 Å². The number of para-hydroxylation sites is 2. The average Bonchev–Trinajstić information content (AvgIpc) is 2.54. The largest absolute Gasteiger partial charge is 0.507 e. The van der Waals surface area contributed by atoms with Crippen molar-refractivity contribution in [1.29, 1.82) is 0 Å². The highest BCUT2D eigenvalue weighted by Crippen LogP contribution is 2.13. The summed E-state index contributed by atoms with van der Waals surface area (Å²) in [6.45, 7) is 0. The first-order chi connectivity index (χ1) is 11.1. The number of nitrogens with one attached hydrogen (secondary N) is 1. The van der Waals surface area contributed by atoms with Crippen LogP contribution in [0.25, 0.3) is 10.9 Å². The summed E-state index contributed by atoms with van der Waals surface area (Å²) in [6.07, 6.45) is 1.38. The lowest BCUT2D eigenvalue weighted by Gasteiger charge is -1.99. The van der Waals surface area contributed by atoms with Gasteiger partial charge in [0, 0.05) is 11.8 Å². The molecule has 0 saturated heterocycles. The van der Waals surface area contributed by atoms with Crippen LogP contribution in [0.4, 0.5) is 5.95 Å². The van der Waals surface area contributed by atoms with Gasteiger partial charge < -0.3 is 10.8 Å². The number of H-pyrrole nitrogens is 1. The Hall–Kier alpha value is -3.48. The van der Waals surface area contributed by atoms with Crippen molar-refractivity contribution < 1.29 is 5.11 Å². The normalized spacial score (nSPS) is 12.1. The maximum Gasteiger partial charge on any atom is 0.260 e. The minimum atomic E-state index is -0.299. The molecule has 7 nitrogen and oxygen atoms in total. The number of aromatic hydroxyl groups is 1. The predicted molar refractivity (Wildman–Crippen MR) is 89.3 cm³/mol. The number of guanidine groups is 1. The number of nitrogens with two attached hydrogens (primary N) is 1. The fourth-order valence-corrected chi connectivity index (χ4v) is 2.00. The molecule has 114 valence electrons. The van der Waals surface area contributed by atoms with Crippen molar-refractivity contribution in [3.63, 3.8) is 0 Å². The van der Waals surface area contributed by atoms with Crippen molar-refractivity contribution >= 4 is 29.0 Å². The third-order valence-electron chi connectivity index (χ3n) is 3.09. The number of phenols is 1. The molecule has 23 heavy (non-hydrogen) atoms. The van der Waals surface area contributed by atoms with Crippen LogP contribution in [0.5, 0.6) is 5.75 Å². The molecule has 3 aromatic rings. The van der Waals surface area contributed by atoms with E-state index in [4.69, 9.17) is 5.73 Å². The topological polar surface area (TPSA) is 117 Å². The van der Waals surface area contributed by atoms with Crippen molar-refractivity contribution in [3.8, 4) is 5.75 Å². The molecule has 0 amide bonds. The molecule has 4 N–H and O–H groups in total. The van der Waals surface area contributed by atoms with E-state index in [2.05, 4.69) is 20.0 Å². The molecule has 0 aliphatic heterocycles. The third kappa shape index (κ3) is 3.24. The van der Waals surface area contributed by atoms with Crippen LogP contribution in [-0.4, -0.2) is 27.2 Å². The van der Waals surface area contributed by atoms with Gasteiger partial charge in [-0.1, -0.05) is 24.3 Å². The van der Waals surface area contributed by atoms with Crippen LogP contribution in [-0.2, 0) is 0 Å². The number of hydrogen-bond acceptors (Lipinski definition) is 4. The third-order valence-corrected chi connectivity index (χ3v) is 3.09. The van der Waals surface area contributed by atoms with Crippen molar-refractivity contribution in [3.05, 3.63) is 64.4 Å². The number of benzene rings is 2. The second-order valence-corrected chi connectivity index (χ2v) is 4.69. The predicted octanol–water partition coefficient (Wildman–Crippen LogP) is 1.69. The fourth-order valence-electron chi connectivity index (χ4n) is 2.00. The van der Waals surface area contributed by atoms with E-state index < -0.39 is 0 Å². The summed E-state index contributed by atoms with van der Waals surface area (Å²) < 4.78 is 0. The maximum absolute atomic E-state index is 11.9. The van der Waals surface area contributed by atoms with E-state index >= 15 is 0 Å². The van der Waals surface area contributed by atoms with Gasteiger partial charge in [0.2, 0.25) is 11.9 Å². The quantitative estimate of drug-likeness (QED) is 0.493. The molecular formula is C16H13N5O2. The van der Waals surface area contributed by atoms with E-state index in [0.717, 1.165) is 0 Å². The lowest BCUT2D eigenvalue weighted by Crippen LogP contribution is -2.11. The van der Waals surface area contributed by atoms with E-state index in [1.54, 1.807) is 42.5 Å². The van der Waals surface area contributed by atoms with Gasteiger partial charge in [-0.05, 0) is 24.3 Å². The summed E-state index contributed by atoms with van der Waals surface area (Å²) >= 11 is 0. The molecule has 1 heterocycles. The van der Waals surface area contributed by atoms with Gasteiger partial charge in [0.15, 0.2) is 0 Å². The van der Waals surface area contributed by atoms with E-state index in [9.17, 15) is 9.90 Å². The fraction of sp³-hybridized carbons (Fsp3) is 0. The number of aromatic nitrogens is 2. The number of phenolic OH excluding ortho intramolecular Hbond substituents is 1. The molecule has 0 fully saturated rings. The smallest absolute Gasteiger partial charge is 0.260 e. The number of nitrogens with zero attached hydrogens (tertiary/aromatic N) is 3.